The molecule has 4 nitrogen and oxygen atoms in total. The van der Waals surface area contributed by atoms with Gasteiger partial charge in [-0.25, -0.2) is 4.98 Å². The van der Waals surface area contributed by atoms with Crippen LogP contribution in [0.15, 0.2) is 59.4 Å². The van der Waals surface area contributed by atoms with Crippen molar-refractivity contribution in [2.45, 2.75) is 6.92 Å². The summed E-state index contributed by atoms with van der Waals surface area (Å²) in [5.74, 6) is 0.564. The molecule has 0 aliphatic heterocycles. The summed E-state index contributed by atoms with van der Waals surface area (Å²) in [6.45, 7) is 2.02. The molecule has 104 valence electrons. The Morgan fingerprint density at radius 1 is 0.952 bits per heavy atom. The van der Waals surface area contributed by atoms with Crippen LogP contribution in [0.5, 0.6) is 0 Å². The van der Waals surface area contributed by atoms with Gasteiger partial charge >= 0.3 is 0 Å². The van der Waals surface area contributed by atoms with E-state index in [9.17, 15) is 4.79 Å². The van der Waals surface area contributed by atoms with Crippen LogP contribution in [0.3, 0.4) is 0 Å². The molecule has 0 aliphatic rings. The number of aryl methyl sites for hydroxylation is 1. The lowest BCUT2D eigenvalue weighted by atomic mass is 10.1. The summed E-state index contributed by atoms with van der Waals surface area (Å²) in [4.78, 5) is 19.2. The SMILES string of the molecule is Cc1ccc(-c2nc(-c3ccc(N)cc3)cc(=O)[nH]2)cc1. The van der Waals surface area contributed by atoms with Gasteiger partial charge in [-0.1, -0.05) is 42.0 Å². The zero-order chi connectivity index (χ0) is 14.8. The van der Waals surface area contributed by atoms with Gasteiger partial charge in [0, 0.05) is 22.9 Å². The molecule has 0 unspecified atom stereocenters. The molecule has 2 aromatic carbocycles. The van der Waals surface area contributed by atoms with Crippen molar-refractivity contribution in [2.24, 2.45) is 0 Å². The van der Waals surface area contributed by atoms with Gasteiger partial charge in [0.15, 0.2) is 0 Å². The molecule has 1 aromatic heterocycles. The van der Waals surface area contributed by atoms with Crippen molar-refractivity contribution in [2.75, 3.05) is 5.73 Å². The molecule has 3 aromatic rings. The van der Waals surface area contributed by atoms with Crippen LogP contribution >= 0.6 is 0 Å². The summed E-state index contributed by atoms with van der Waals surface area (Å²) in [6, 6.07) is 16.7. The molecule has 0 atom stereocenters. The summed E-state index contributed by atoms with van der Waals surface area (Å²) in [7, 11) is 0. The number of nitrogens with zero attached hydrogens (tertiary/aromatic N) is 1. The van der Waals surface area contributed by atoms with Crippen molar-refractivity contribution in [1.29, 1.82) is 0 Å². The van der Waals surface area contributed by atoms with Gasteiger partial charge < -0.3 is 10.7 Å². The van der Waals surface area contributed by atoms with E-state index in [4.69, 9.17) is 5.73 Å². The molecular formula is C17H15N3O. The van der Waals surface area contributed by atoms with E-state index in [1.54, 1.807) is 12.1 Å². The van der Waals surface area contributed by atoms with E-state index in [1.165, 1.54) is 6.07 Å². The molecule has 0 saturated carbocycles. The van der Waals surface area contributed by atoms with Crippen molar-refractivity contribution < 1.29 is 0 Å². The molecule has 0 aliphatic carbocycles. The third-order valence-corrected chi connectivity index (χ3v) is 3.27. The zero-order valence-corrected chi connectivity index (χ0v) is 11.6. The number of nitrogens with one attached hydrogen (secondary N) is 1. The first-order valence-electron chi connectivity index (χ1n) is 6.66. The summed E-state index contributed by atoms with van der Waals surface area (Å²) in [5.41, 5.74) is 9.74. The second-order valence-electron chi connectivity index (χ2n) is 4.97. The van der Waals surface area contributed by atoms with Crippen molar-refractivity contribution in [3.05, 3.63) is 70.5 Å². The lowest BCUT2D eigenvalue weighted by molar-refractivity contribution is 1.13. The van der Waals surface area contributed by atoms with E-state index in [0.717, 1.165) is 16.7 Å². The average Bonchev–Trinajstić information content (AvgIpc) is 2.48. The maximum Gasteiger partial charge on any atom is 0.251 e. The highest BCUT2D eigenvalue weighted by Gasteiger charge is 2.06. The molecule has 21 heavy (non-hydrogen) atoms. The summed E-state index contributed by atoms with van der Waals surface area (Å²) in [5, 5.41) is 0. The third kappa shape index (κ3) is 2.84. The quantitative estimate of drug-likeness (QED) is 0.707. The largest absolute Gasteiger partial charge is 0.399 e. The van der Waals surface area contributed by atoms with E-state index in [1.807, 2.05) is 43.3 Å². The van der Waals surface area contributed by atoms with Crippen molar-refractivity contribution in [3.63, 3.8) is 0 Å². The number of hydrogen-bond acceptors (Lipinski definition) is 3. The Morgan fingerprint density at radius 3 is 2.24 bits per heavy atom. The maximum absolute atomic E-state index is 11.9. The molecule has 0 amide bonds. The fourth-order valence-corrected chi connectivity index (χ4v) is 2.11. The second kappa shape index (κ2) is 5.25. The number of benzene rings is 2. The highest BCUT2D eigenvalue weighted by molar-refractivity contribution is 5.65. The molecule has 0 bridgehead atoms. The number of nitrogens with two attached hydrogens (primary N) is 1. The summed E-state index contributed by atoms with van der Waals surface area (Å²) < 4.78 is 0. The van der Waals surface area contributed by atoms with E-state index < -0.39 is 0 Å². The van der Waals surface area contributed by atoms with Crippen LogP contribution in [0.4, 0.5) is 5.69 Å². The van der Waals surface area contributed by atoms with Crippen LogP contribution in [-0.4, -0.2) is 9.97 Å². The van der Waals surface area contributed by atoms with Crippen molar-refractivity contribution in [1.82, 2.24) is 9.97 Å². The normalized spacial score (nSPS) is 10.5. The molecule has 0 fully saturated rings. The van der Waals surface area contributed by atoms with Gasteiger partial charge in [0.1, 0.15) is 5.82 Å². The Hall–Kier alpha value is -2.88. The van der Waals surface area contributed by atoms with Crippen LogP contribution < -0.4 is 11.3 Å². The lowest BCUT2D eigenvalue weighted by Gasteiger charge is -2.05. The van der Waals surface area contributed by atoms with E-state index in [0.29, 0.717) is 17.2 Å². The number of rotatable bonds is 2. The molecule has 0 spiro atoms. The van der Waals surface area contributed by atoms with Crippen LogP contribution in [0, 0.1) is 6.92 Å². The number of aromatic amines is 1. The van der Waals surface area contributed by atoms with Gasteiger partial charge in [0.25, 0.3) is 5.56 Å². The first-order chi connectivity index (χ1) is 10.1. The van der Waals surface area contributed by atoms with Crippen LogP contribution in [0.2, 0.25) is 0 Å². The minimum absolute atomic E-state index is 0.174. The van der Waals surface area contributed by atoms with E-state index in [-0.39, 0.29) is 5.56 Å². The molecule has 0 radical (unpaired) electrons. The highest BCUT2D eigenvalue weighted by Crippen LogP contribution is 2.20. The first kappa shape index (κ1) is 13.1. The molecule has 3 rings (SSSR count). The molecule has 0 saturated heterocycles. The fraction of sp³-hybridized carbons (Fsp3) is 0.0588. The number of nitrogen functional groups attached to an aromatic ring is 1. The number of hydrogen-bond donors (Lipinski definition) is 2. The first-order valence-corrected chi connectivity index (χ1v) is 6.66. The van der Waals surface area contributed by atoms with Crippen LogP contribution in [0.25, 0.3) is 22.6 Å². The highest BCUT2D eigenvalue weighted by atomic mass is 16.1. The Bertz CT molecular complexity index is 751. The van der Waals surface area contributed by atoms with E-state index >= 15 is 0 Å². The van der Waals surface area contributed by atoms with Gasteiger partial charge in [0.2, 0.25) is 0 Å². The number of aromatic nitrogens is 2. The average molecular weight is 277 g/mol. The summed E-state index contributed by atoms with van der Waals surface area (Å²) in [6.07, 6.45) is 0. The number of anilines is 1. The standard InChI is InChI=1S/C17H15N3O/c1-11-2-4-13(5-3-11)17-19-15(10-16(21)20-17)12-6-8-14(18)9-7-12/h2-10H,18H2,1H3,(H,19,20,21). The summed E-state index contributed by atoms with van der Waals surface area (Å²) >= 11 is 0. The lowest BCUT2D eigenvalue weighted by Crippen LogP contribution is -2.08. The maximum atomic E-state index is 11.9. The van der Waals surface area contributed by atoms with Gasteiger partial charge in [0.05, 0.1) is 5.69 Å². The monoisotopic (exact) mass is 277 g/mol. The van der Waals surface area contributed by atoms with E-state index in [2.05, 4.69) is 9.97 Å². The minimum Gasteiger partial charge on any atom is -0.399 e. The Kier molecular flexibility index (Phi) is 3.28. The predicted molar refractivity (Wildman–Crippen MR) is 84.9 cm³/mol. The van der Waals surface area contributed by atoms with Crippen LogP contribution in [-0.2, 0) is 0 Å². The number of H-pyrrole nitrogens is 1. The predicted octanol–water partition coefficient (Wildman–Crippen LogP) is 2.99. The topological polar surface area (TPSA) is 71.8 Å². The van der Waals surface area contributed by atoms with Gasteiger partial charge in [-0.3, -0.25) is 4.79 Å². The molecule has 1 heterocycles. The zero-order valence-electron chi connectivity index (χ0n) is 11.6. The fourth-order valence-electron chi connectivity index (χ4n) is 2.11. The van der Waals surface area contributed by atoms with Gasteiger partial charge in [-0.2, -0.15) is 0 Å². The third-order valence-electron chi connectivity index (χ3n) is 3.27. The minimum atomic E-state index is -0.174. The van der Waals surface area contributed by atoms with Crippen LogP contribution in [0.1, 0.15) is 5.56 Å². The smallest absolute Gasteiger partial charge is 0.251 e. The van der Waals surface area contributed by atoms with Crippen molar-refractivity contribution >= 4 is 5.69 Å². The van der Waals surface area contributed by atoms with Gasteiger partial charge in [-0.05, 0) is 19.1 Å². The molecular weight excluding hydrogens is 262 g/mol. The van der Waals surface area contributed by atoms with Gasteiger partial charge in [-0.15, -0.1) is 0 Å². The second-order valence-corrected chi connectivity index (χ2v) is 4.97. The Morgan fingerprint density at radius 2 is 1.57 bits per heavy atom. The molecule has 4 heteroatoms. The Labute approximate surface area is 122 Å². The molecule has 3 N–H and O–H groups in total. The Balaban J connectivity index is 2.10. The van der Waals surface area contributed by atoms with Crippen molar-refractivity contribution in [3.8, 4) is 22.6 Å².